The van der Waals surface area contributed by atoms with Crippen LogP contribution in [0.25, 0.3) is 11.4 Å². The number of hydrogen-bond acceptors (Lipinski definition) is 6. The van der Waals surface area contributed by atoms with Crippen LogP contribution in [-0.4, -0.2) is 46.7 Å². The summed E-state index contributed by atoms with van der Waals surface area (Å²) in [6.45, 7) is 4.00. The quantitative estimate of drug-likeness (QED) is 0.577. The highest BCUT2D eigenvalue weighted by Crippen LogP contribution is 2.31. The van der Waals surface area contributed by atoms with Crippen molar-refractivity contribution in [1.29, 1.82) is 0 Å². The third-order valence-corrected chi connectivity index (χ3v) is 6.78. The van der Waals surface area contributed by atoms with E-state index in [1.165, 1.54) is 9.10 Å². The summed E-state index contributed by atoms with van der Waals surface area (Å²) in [6, 6.07) is 12.9. The van der Waals surface area contributed by atoms with Crippen molar-refractivity contribution in [2.24, 2.45) is 0 Å². The molecule has 0 atom stereocenters. The van der Waals surface area contributed by atoms with E-state index in [1.807, 2.05) is 31.2 Å². The Hall–Kier alpha value is -3.07. The number of tetrazole rings is 1. The number of rotatable bonds is 6. The van der Waals surface area contributed by atoms with Gasteiger partial charge < -0.3 is 0 Å². The van der Waals surface area contributed by atoms with E-state index in [4.69, 9.17) is 0 Å². The first-order chi connectivity index (χ1) is 13.9. The maximum atomic E-state index is 12.7. The first-order valence-corrected chi connectivity index (χ1v) is 11.0. The Morgan fingerprint density at radius 3 is 2.62 bits per heavy atom. The fourth-order valence-corrected chi connectivity index (χ4v) is 4.50. The largest absolute Gasteiger partial charge is 0.292 e. The summed E-state index contributed by atoms with van der Waals surface area (Å²) in [7, 11) is -3.30. The van der Waals surface area contributed by atoms with Gasteiger partial charge in [0.1, 0.15) is 6.54 Å². The summed E-state index contributed by atoms with van der Waals surface area (Å²) in [5.41, 5.74) is 4.00. The van der Waals surface area contributed by atoms with Crippen LogP contribution in [0.5, 0.6) is 0 Å². The highest BCUT2D eigenvalue weighted by atomic mass is 32.2. The molecule has 4 rings (SSSR count). The minimum Gasteiger partial charge on any atom is -0.292 e. The molecule has 0 aliphatic carbocycles. The molecule has 1 aliphatic heterocycles. The Labute approximate surface area is 169 Å². The minimum absolute atomic E-state index is 0.0331. The lowest BCUT2D eigenvalue weighted by Gasteiger charge is -2.18. The van der Waals surface area contributed by atoms with Crippen molar-refractivity contribution in [3.8, 4) is 11.4 Å². The molecule has 0 N–H and O–H groups in total. The third kappa shape index (κ3) is 3.77. The van der Waals surface area contributed by atoms with Gasteiger partial charge in [-0.1, -0.05) is 29.8 Å². The number of aromatic nitrogens is 4. The molecule has 0 bridgehead atoms. The molecular formula is C20H21N5O3S. The second-order valence-electron chi connectivity index (χ2n) is 7.00. The molecule has 1 aliphatic rings. The smallest absolute Gasteiger partial charge is 0.234 e. The number of carbonyl (C=O) groups is 1. The van der Waals surface area contributed by atoms with Crippen LogP contribution in [0.1, 0.15) is 28.4 Å². The maximum Gasteiger partial charge on any atom is 0.234 e. The first kappa shape index (κ1) is 19.3. The lowest BCUT2D eigenvalue weighted by Crippen LogP contribution is -2.30. The predicted molar refractivity (Wildman–Crippen MR) is 109 cm³/mol. The lowest BCUT2D eigenvalue weighted by molar-refractivity contribution is 0.0961. The molecule has 0 saturated carbocycles. The zero-order chi connectivity index (χ0) is 20.6. The number of benzene rings is 2. The summed E-state index contributed by atoms with van der Waals surface area (Å²) < 4.78 is 25.8. The van der Waals surface area contributed by atoms with Gasteiger partial charge in [0.2, 0.25) is 15.8 Å². The van der Waals surface area contributed by atoms with Gasteiger partial charge in [-0.3, -0.25) is 9.10 Å². The highest BCUT2D eigenvalue weighted by Gasteiger charge is 2.28. The van der Waals surface area contributed by atoms with Crippen LogP contribution in [0, 0.1) is 6.92 Å². The SMILES string of the molecule is CCS(=O)(=O)N1CCc2cc(C(=O)Cn3nnc(-c4ccc(C)cc4)n3)ccc21. The Morgan fingerprint density at radius 1 is 1.14 bits per heavy atom. The third-order valence-electron chi connectivity index (χ3n) is 5.00. The summed E-state index contributed by atoms with van der Waals surface area (Å²) >= 11 is 0. The predicted octanol–water partition coefficient (Wildman–Crippen LogP) is 2.24. The van der Waals surface area contributed by atoms with Crippen LogP contribution in [-0.2, 0) is 23.0 Å². The molecule has 9 heteroatoms. The van der Waals surface area contributed by atoms with Crippen molar-refractivity contribution < 1.29 is 13.2 Å². The topological polar surface area (TPSA) is 98.1 Å². The molecule has 0 radical (unpaired) electrons. The zero-order valence-corrected chi connectivity index (χ0v) is 17.1. The van der Waals surface area contributed by atoms with Gasteiger partial charge in [0.25, 0.3) is 0 Å². The molecule has 2 aromatic carbocycles. The Kier molecular flexibility index (Phi) is 4.91. The number of fused-ring (bicyclic) bond motifs is 1. The van der Waals surface area contributed by atoms with E-state index < -0.39 is 10.0 Å². The molecule has 0 spiro atoms. The number of carbonyl (C=O) groups excluding carboxylic acids is 1. The fraction of sp³-hybridized carbons (Fsp3) is 0.300. The lowest BCUT2D eigenvalue weighted by atomic mass is 10.1. The van der Waals surface area contributed by atoms with Crippen LogP contribution < -0.4 is 4.31 Å². The number of hydrogen-bond donors (Lipinski definition) is 0. The molecule has 29 heavy (non-hydrogen) atoms. The van der Waals surface area contributed by atoms with Gasteiger partial charge >= 0.3 is 0 Å². The molecule has 8 nitrogen and oxygen atoms in total. The molecule has 0 fully saturated rings. The van der Waals surface area contributed by atoms with E-state index in [0.29, 0.717) is 30.0 Å². The molecule has 0 saturated heterocycles. The van der Waals surface area contributed by atoms with Crippen LogP contribution >= 0.6 is 0 Å². The normalized spacial score (nSPS) is 13.5. The Balaban J connectivity index is 1.51. The zero-order valence-electron chi connectivity index (χ0n) is 16.2. The summed E-state index contributed by atoms with van der Waals surface area (Å²) in [6.07, 6.45) is 0.592. The van der Waals surface area contributed by atoms with E-state index in [0.717, 1.165) is 16.7 Å². The van der Waals surface area contributed by atoms with Gasteiger partial charge in [-0.05, 0) is 49.2 Å². The average Bonchev–Trinajstić information content (AvgIpc) is 3.35. The molecule has 0 amide bonds. The Morgan fingerprint density at radius 2 is 1.90 bits per heavy atom. The molecule has 0 unspecified atom stereocenters. The summed E-state index contributed by atoms with van der Waals surface area (Å²) in [5.74, 6) is 0.360. The number of ketones is 1. The minimum atomic E-state index is -3.30. The van der Waals surface area contributed by atoms with E-state index in [2.05, 4.69) is 15.4 Å². The van der Waals surface area contributed by atoms with Gasteiger partial charge in [0.05, 0.1) is 11.4 Å². The van der Waals surface area contributed by atoms with E-state index >= 15 is 0 Å². The number of nitrogens with zero attached hydrogens (tertiary/aromatic N) is 5. The van der Waals surface area contributed by atoms with Gasteiger partial charge in [0.15, 0.2) is 5.78 Å². The molecule has 150 valence electrons. The second kappa shape index (κ2) is 7.40. The molecular weight excluding hydrogens is 390 g/mol. The number of sulfonamides is 1. The van der Waals surface area contributed by atoms with Crippen molar-refractivity contribution in [3.63, 3.8) is 0 Å². The number of aryl methyl sites for hydroxylation is 1. The van der Waals surface area contributed by atoms with Crippen molar-refractivity contribution in [2.45, 2.75) is 26.8 Å². The van der Waals surface area contributed by atoms with E-state index in [9.17, 15) is 13.2 Å². The van der Waals surface area contributed by atoms with Crippen LogP contribution in [0.2, 0.25) is 0 Å². The first-order valence-electron chi connectivity index (χ1n) is 9.39. The second-order valence-corrected chi connectivity index (χ2v) is 9.18. The van der Waals surface area contributed by atoms with E-state index in [-0.39, 0.29) is 18.1 Å². The van der Waals surface area contributed by atoms with E-state index in [1.54, 1.807) is 25.1 Å². The monoisotopic (exact) mass is 411 g/mol. The maximum absolute atomic E-state index is 12.7. The van der Waals surface area contributed by atoms with Crippen LogP contribution in [0.4, 0.5) is 5.69 Å². The molecule has 3 aromatic rings. The average molecular weight is 411 g/mol. The van der Waals surface area contributed by atoms with Crippen molar-refractivity contribution >= 4 is 21.5 Å². The summed E-state index contributed by atoms with van der Waals surface area (Å²) in [5, 5.41) is 12.3. The number of anilines is 1. The van der Waals surface area contributed by atoms with Gasteiger partial charge in [-0.25, -0.2) is 8.42 Å². The number of Topliss-reactive ketones (excluding diaryl/α,β-unsaturated/α-hetero) is 1. The van der Waals surface area contributed by atoms with Crippen molar-refractivity contribution in [3.05, 3.63) is 59.2 Å². The highest BCUT2D eigenvalue weighted by molar-refractivity contribution is 7.92. The fourth-order valence-electron chi connectivity index (χ4n) is 3.34. The van der Waals surface area contributed by atoms with Crippen molar-refractivity contribution in [2.75, 3.05) is 16.6 Å². The van der Waals surface area contributed by atoms with Crippen LogP contribution in [0.3, 0.4) is 0 Å². The Bertz CT molecular complexity index is 1170. The van der Waals surface area contributed by atoms with Crippen LogP contribution in [0.15, 0.2) is 42.5 Å². The molecule has 1 aromatic heterocycles. The standard InChI is InChI=1S/C20H21N5O3S/c1-3-29(27,28)24-11-10-16-12-17(8-9-18(16)24)19(26)13-25-22-20(21-23-25)15-6-4-14(2)5-7-15/h4-9,12H,3,10-11,13H2,1-2H3. The summed E-state index contributed by atoms with van der Waals surface area (Å²) in [4.78, 5) is 14.0. The van der Waals surface area contributed by atoms with Crippen molar-refractivity contribution in [1.82, 2.24) is 20.2 Å². The van der Waals surface area contributed by atoms with Gasteiger partial charge in [0, 0.05) is 17.7 Å². The molecule has 2 heterocycles. The van der Waals surface area contributed by atoms with Gasteiger partial charge in [-0.15, -0.1) is 10.2 Å². The van der Waals surface area contributed by atoms with Gasteiger partial charge in [-0.2, -0.15) is 4.80 Å².